The van der Waals surface area contributed by atoms with E-state index in [1.165, 1.54) is 6.92 Å². The summed E-state index contributed by atoms with van der Waals surface area (Å²) in [7, 11) is 0. The van der Waals surface area contributed by atoms with Crippen molar-refractivity contribution in [2.75, 3.05) is 19.7 Å². The summed E-state index contributed by atoms with van der Waals surface area (Å²) >= 11 is 0. The number of nitrogens with two attached hydrogens (primary N) is 4. The average Bonchev–Trinajstić information content (AvgIpc) is 3.85. The van der Waals surface area contributed by atoms with Crippen molar-refractivity contribution in [3.63, 3.8) is 0 Å². The number of aliphatic imine (C=N–C) groups is 1. The molecule has 0 unspecified atom stereocenters. The molecule has 31 heteroatoms. The summed E-state index contributed by atoms with van der Waals surface area (Å²) < 4.78 is 0. The molecule has 1 fully saturated rings. The van der Waals surface area contributed by atoms with E-state index >= 15 is 0 Å². The van der Waals surface area contributed by atoms with Gasteiger partial charge in [-0.25, -0.2) is 4.79 Å². The molecule has 1 saturated heterocycles. The van der Waals surface area contributed by atoms with Gasteiger partial charge in [-0.15, -0.1) is 0 Å². The molecule has 0 aromatic carbocycles. The summed E-state index contributed by atoms with van der Waals surface area (Å²) in [6.45, 7) is 10.5. The number of likely N-dealkylation sites (tertiary alicyclic amines) is 1. The monoisotopic (exact) mass is 1130 g/mol. The molecule has 20 N–H and O–H groups in total. The minimum atomic E-state index is -1.79. The second-order valence-corrected chi connectivity index (χ2v) is 20.2. The lowest BCUT2D eigenvalue weighted by Crippen LogP contribution is -2.61. The predicted molar refractivity (Wildman–Crippen MR) is 280 cm³/mol. The van der Waals surface area contributed by atoms with Crippen molar-refractivity contribution in [3.8, 4) is 0 Å². The topological polar surface area (TPSA) is 519 Å². The summed E-state index contributed by atoms with van der Waals surface area (Å²) in [6.07, 6.45) is -2.34. The number of guanidine groups is 1. The fourth-order valence-electron chi connectivity index (χ4n) is 8.06. The fourth-order valence-corrected chi connectivity index (χ4v) is 8.06. The third-order valence-corrected chi connectivity index (χ3v) is 12.5. The highest BCUT2D eigenvalue weighted by Gasteiger charge is 2.41. The van der Waals surface area contributed by atoms with Crippen LogP contribution < -0.4 is 65.5 Å². The summed E-state index contributed by atoms with van der Waals surface area (Å²) in [5, 5.41) is 56.9. The molecular formula is C48H82N14O17. The van der Waals surface area contributed by atoms with Crippen LogP contribution in [0.5, 0.6) is 0 Å². The Morgan fingerprint density at radius 1 is 0.595 bits per heavy atom. The number of nitrogens with zero attached hydrogens (tertiary/aromatic N) is 2. The van der Waals surface area contributed by atoms with E-state index < -0.39 is 176 Å². The van der Waals surface area contributed by atoms with Gasteiger partial charge in [0.05, 0.1) is 19.4 Å². The quantitative estimate of drug-likeness (QED) is 0.0158. The van der Waals surface area contributed by atoms with E-state index in [2.05, 4.69) is 47.5 Å². The number of primary amides is 1. The first-order valence-corrected chi connectivity index (χ1v) is 25.9. The second-order valence-electron chi connectivity index (χ2n) is 20.2. The van der Waals surface area contributed by atoms with Gasteiger partial charge in [-0.2, -0.15) is 0 Å². The molecule has 0 aliphatic carbocycles. The number of aliphatic hydroxyl groups excluding tert-OH is 1. The Morgan fingerprint density at radius 3 is 1.62 bits per heavy atom. The van der Waals surface area contributed by atoms with Crippen LogP contribution in [0.3, 0.4) is 0 Å². The maximum atomic E-state index is 14.2. The van der Waals surface area contributed by atoms with E-state index in [-0.39, 0.29) is 75.8 Å². The van der Waals surface area contributed by atoms with Crippen LogP contribution in [0.2, 0.25) is 0 Å². The highest BCUT2D eigenvalue weighted by Crippen LogP contribution is 2.22. The molecule has 0 bridgehead atoms. The van der Waals surface area contributed by atoms with Gasteiger partial charge in [-0.05, 0) is 69.6 Å². The molecule has 11 atom stereocenters. The van der Waals surface area contributed by atoms with E-state index in [1.807, 2.05) is 0 Å². The fraction of sp³-hybridized carbons (Fsp3) is 0.708. The zero-order valence-corrected chi connectivity index (χ0v) is 45.7. The van der Waals surface area contributed by atoms with Crippen molar-refractivity contribution in [2.24, 2.45) is 45.7 Å². The number of rotatable bonds is 36. The number of aliphatic carboxylic acids is 3. The van der Waals surface area contributed by atoms with Crippen molar-refractivity contribution < 1.29 is 82.8 Å². The van der Waals surface area contributed by atoms with Gasteiger partial charge in [-0.1, -0.05) is 48.0 Å². The van der Waals surface area contributed by atoms with Gasteiger partial charge >= 0.3 is 17.9 Å². The summed E-state index contributed by atoms with van der Waals surface area (Å²) in [5.41, 5.74) is 21.9. The summed E-state index contributed by atoms with van der Waals surface area (Å²) in [4.78, 5) is 175. The van der Waals surface area contributed by atoms with Crippen molar-refractivity contribution in [1.82, 2.24) is 47.4 Å². The van der Waals surface area contributed by atoms with E-state index in [0.29, 0.717) is 0 Å². The molecule has 0 saturated carbocycles. The van der Waals surface area contributed by atoms with E-state index in [0.717, 1.165) is 4.90 Å². The number of nitrogens with one attached hydrogen (secondary N) is 8. The maximum Gasteiger partial charge on any atom is 0.326 e. The minimum Gasteiger partial charge on any atom is -0.481 e. The normalized spacial score (nSPS) is 16.8. The van der Waals surface area contributed by atoms with Gasteiger partial charge in [0.1, 0.15) is 60.4 Å². The molecule has 31 nitrogen and oxygen atoms in total. The number of carboxylic acid groups (broad SMARTS) is 3. The highest BCUT2D eigenvalue weighted by molar-refractivity contribution is 6.00. The lowest BCUT2D eigenvalue weighted by atomic mass is 9.97. The van der Waals surface area contributed by atoms with Crippen LogP contribution in [0, 0.1) is 17.8 Å². The van der Waals surface area contributed by atoms with E-state index in [4.69, 9.17) is 22.9 Å². The van der Waals surface area contributed by atoms with Gasteiger partial charge in [0.2, 0.25) is 59.1 Å². The Morgan fingerprint density at radius 2 is 1.10 bits per heavy atom. The van der Waals surface area contributed by atoms with E-state index in [9.17, 15) is 82.8 Å². The van der Waals surface area contributed by atoms with Crippen molar-refractivity contribution in [1.29, 1.82) is 0 Å². The first-order valence-electron chi connectivity index (χ1n) is 25.9. The zero-order valence-electron chi connectivity index (χ0n) is 45.7. The number of carbonyl (C=O) groups excluding carboxylic acids is 10. The first-order chi connectivity index (χ1) is 36.8. The number of amides is 10. The van der Waals surface area contributed by atoms with Crippen molar-refractivity contribution in [3.05, 3.63) is 0 Å². The molecule has 1 heterocycles. The standard InChI is InChI=1S/C48H82N14O17/c1-8-24(6)37(45(76)56-28(13-14-35(65)66)41(72)60-32(47(78)79)18-23(4)5)61-38(69)25(7)54-42(73)29(19-34(50)64)58-40(71)27(11-9-15-53-48(51)52)55-44(75)33-12-10-16-62(33)46(77)31(17-22(2)3)59-43(74)30(20-36(67)68)57-39(70)26(49)21-63/h22-33,37,63H,8-21,49H2,1-7H3,(H2,50,64)(H,54,73)(H,55,75)(H,56,76)(H,57,70)(H,58,71)(H,59,74)(H,60,72)(H,61,69)(H,65,66)(H,67,68)(H,78,79)(H4,51,52,53)/t24-,25-,26-,27-,28-,29-,30-,31-,32-,33-,37-/m0/s1. The molecule has 446 valence electrons. The maximum absolute atomic E-state index is 14.2. The lowest BCUT2D eigenvalue weighted by molar-refractivity contribution is -0.144. The molecule has 0 aromatic heterocycles. The summed E-state index contributed by atoms with van der Waals surface area (Å²) in [6, 6.07) is -15.0. The average molecular weight is 1130 g/mol. The van der Waals surface area contributed by atoms with Crippen LogP contribution in [-0.2, 0) is 62.3 Å². The van der Waals surface area contributed by atoms with Gasteiger partial charge in [0, 0.05) is 19.5 Å². The largest absolute Gasteiger partial charge is 0.481 e. The van der Waals surface area contributed by atoms with Crippen LogP contribution in [0.4, 0.5) is 0 Å². The second kappa shape index (κ2) is 34.2. The molecule has 1 aliphatic rings. The molecule has 0 radical (unpaired) electrons. The van der Waals surface area contributed by atoms with Crippen LogP contribution in [0.25, 0.3) is 0 Å². The van der Waals surface area contributed by atoms with Crippen LogP contribution in [0.1, 0.15) is 119 Å². The molecule has 1 aliphatic heterocycles. The molecular weight excluding hydrogens is 1040 g/mol. The Balaban J connectivity index is 3.44. The van der Waals surface area contributed by atoms with Gasteiger partial charge in [0.25, 0.3) is 0 Å². The van der Waals surface area contributed by atoms with Crippen molar-refractivity contribution in [2.45, 2.75) is 180 Å². The highest BCUT2D eigenvalue weighted by atomic mass is 16.4. The Hall–Kier alpha value is -7.70. The molecule has 10 amide bonds. The van der Waals surface area contributed by atoms with Crippen molar-refractivity contribution >= 4 is 82.9 Å². The van der Waals surface area contributed by atoms with Crippen LogP contribution in [0.15, 0.2) is 4.99 Å². The third-order valence-electron chi connectivity index (χ3n) is 12.5. The predicted octanol–water partition coefficient (Wildman–Crippen LogP) is -5.31. The molecule has 0 aromatic rings. The molecule has 79 heavy (non-hydrogen) atoms. The molecule has 0 spiro atoms. The first kappa shape index (κ1) is 69.3. The lowest BCUT2D eigenvalue weighted by Gasteiger charge is -2.31. The van der Waals surface area contributed by atoms with Gasteiger partial charge in [-0.3, -0.25) is 62.5 Å². The van der Waals surface area contributed by atoms with Crippen LogP contribution in [-0.4, -0.2) is 188 Å². The smallest absolute Gasteiger partial charge is 0.326 e. The Labute approximate surface area is 457 Å². The SMILES string of the molecule is CC[C@H](C)[C@H](NC(=O)[C@H](C)NC(=O)[C@H](CC(N)=O)NC(=O)[C@H](CCCN=C(N)N)NC(=O)[C@@H]1CCCN1C(=O)[C@H](CC(C)C)NC(=O)[C@H](CC(=O)O)NC(=O)[C@@H](N)CO)C(=O)N[C@@H](CCC(=O)O)C(=O)N[C@@H](CC(C)C)C(=O)O. The summed E-state index contributed by atoms with van der Waals surface area (Å²) in [5.74, 6) is -15.4. The number of carbonyl (C=O) groups is 13. The Bertz CT molecular complexity index is 2210. The minimum absolute atomic E-state index is 0.00318. The number of carboxylic acids is 3. The van der Waals surface area contributed by atoms with Gasteiger partial charge in [0.15, 0.2) is 5.96 Å². The third kappa shape index (κ3) is 25.1. The van der Waals surface area contributed by atoms with Crippen LogP contribution >= 0.6 is 0 Å². The number of hydrogen-bond donors (Lipinski definition) is 16. The van der Waals surface area contributed by atoms with Gasteiger partial charge < -0.3 is 90.8 Å². The number of hydrogen-bond acceptors (Lipinski definition) is 16. The Kier molecular flexibility index (Phi) is 30.0. The van der Waals surface area contributed by atoms with E-state index in [1.54, 1.807) is 41.5 Å². The zero-order chi connectivity index (χ0) is 60.4. The molecule has 1 rings (SSSR count). The number of aliphatic hydroxyl groups is 1.